The first-order valence-corrected chi connectivity index (χ1v) is 10.6. The molecular formula is C21H20N4O5S. The van der Waals surface area contributed by atoms with E-state index >= 15 is 0 Å². The maximum absolute atomic E-state index is 12.4. The van der Waals surface area contributed by atoms with E-state index in [4.69, 9.17) is 9.47 Å². The van der Waals surface area contributed by atoms with Crippen molar-refractivity contribution in [1.82, 2.24) is 9.97 Å². The van der Waals surface area contributed by atoms with Crippen LogP contribution >= 0.6 is 0 Å². The van der Waals surface area contributed by atoms with Gasteiger partial charge in [0.15, 0.2) is 6.79 Å². The van der Waals surface area contributed by atoms with Crippen LogP contribution in [0.3, 0.4) is 0 Å². The standard InChI is InChI=1S/C21H20N4O5S/c1-29-15-30-18-8-3-16(4-9-18)5-12-20(26)24-17-6-10-19(11-7-17)31(27,28)25-21-22-13-2-14-23-21/h2-14H,15H2,1H3,(H,24,26)(H,22,23,25)/b12-5+. The van der Waals surface area contributed by atoms with Crippen molar-refractivity contribution >= 4 is 33.6 Å². The van der Waals surface area contributed by atoms with E-state index in [-0.39, 0.29) is 23.5 Å². The first-order valence-electron chi connectivity index (χ1n) is 9.07. The van der Waals surface area contributed by atoms with Crippen LogP contribution in [0.1, 0.15) is 5.56 Å². The zero-order valence-corrected chi connectivity index (χ0v) is 17.4. The van der Waals surface area contributed by atoms with E-state index in [1.807, 2.05) is 0 Å². The molecule has 0 radical (unpaired) electrons. The van der Waals surface area contributed by atoms with Crippen LogP contribution in [0.15, 0.2) is 78.0 Å². The van der Waals surface area contributed by atoms with Gasteiger partial charge in [0.25, 0.3) is 10.0 Å². The van der Waals surface area contributed by atoms with Gasteiger partial charge in [-0.2, -0.15) is 0 Å². The summed E-state index contributed by atoms with van der Waals surface area (Å²) in [6.45, 7) is 0.160. The Morgan fingerprint density at radius 2 is 1.71 bits per heavy atom. The smallest absolute Gasteiger partial charge is 0.264 e. The van der Waals surface area contributed by atoms with Crippen molar-refractivity contribution in [2.75, 3.05) is 23.9 Å². The van der Waals surface area contributed by atoms with Gasteiger partial charge in [-0.25, -0.2) is 23.1 Å². The number of aromatic nitrogens is 2. The lowest BCUT2D eigenvalue weighted by atomic mass is 10.2. The molecule has 31 heavy (non-hydrogen) atoms. The molecule has 3 rings (SSSR count). The van der Waals surface area contributed by atoms with Gasteiger partial charge in [-0.05, 0) is 54.1 Å². The Kier molecular flexibility index (Phi) is 7.31. The van der Waals surface area contributed by atoms with E-state index in [0.29, 0.717) is 11.4 Å². The number of rotatable bonds is 9. The van der Waals surface area contributed by atoms with Gasteiger partial charge in [-0.1, -0.05) is 12.1 Å². The largest absolute Gasteiger partial charge is 0.468 e. The molecule has 0 aliphatic heterocycles. The van der Waals surface area contributed by atoms with Crippen molar-refractivity contribution < 1.29 is 22.7 Å². The second kappa shape index (κ2) is 10.3. The van der Waals surface area contributed by atoms with Gasteiger partial charge in [0.05, 0.1) is 4.90 Å². The minimum atomic E-state index is -3.83. The molecule has 0 spiro atoms. The van der Waals surface area contributed by atoms with Gasteiger partial charge in [0, 0.05) is 31.3 Å². The second-order valence-corrected chi connectivity index (χ2v) is 7.83. The monoisotopic (exact) mass is 440 g/mol. The molecule has 1 heterocycles. The maximum atomic E-state index is 12.4. The number of carbonyl (C=O) groups excluding carboxylic acids is 1. The number of anilines is 2. The van der Waals surface area contributed by atoms with Crippen LogP contribution in [0, 0.1) is 0 Å². The van der Waals surface area contributed by atoms with Gasteiger partial charge in [0.2, 0.25) is 11.9 Å². The predicted molar refractivity (Wildman–Crippen MR) is 116 cm³/mol. The zero-order chi connectivity index (χ0) is 22.1. The topological polar surface area (TPSA) is 120 Å². The van der Waals surface area contributed by atoms with Crippen molar-refractivity contribution in [1.29, 1.82) is 0 Å². The summed E-state index contributed by atoms with van der Waals surface area (Å²) in [7, 11) is -2.29. The molecule has 160 valence electrons. The second-order valence-electron chi connectivity index (χ2n) is 6.14. The molecule has 0 atom stereocenters. The van der Waals surface area contributed by atoms with Crippen molar-refractivity contribution in [3.8, 4) is 5.75 Å². The molecule has 0 bridgehead atoms. The van der Waals surface area contributed by atoms with Crippen molar-refractivity contribution in [3.63, 3.8) is 0 Å². The van der Waals surface area contributed by atoms with Gasteiger partial charge >= 0.3 is 0 Å². The Morgan fingerprint density at radius 1 is 1.03 bits per heavy atom. The fraction of sp³-hybridized carbons (Fsp3) is 0.0952. The Hall–Kier alpha value is -3.76. The van der Waals surface area contributed by atoms with Crippen LogP contribution in [-0.2, 0) is 19.6 Å². The molecule has 9 nitrogen and oxygen atoms in total. The number of methoxy groups -OCH3 is 1. The van der Waals surface area contributed by atoms with E-state index in [9.17, 15) is 13.2 Å². The molecule has 10 heteroatoms. The summed E-state index contributed by atoms with van der Waals surface area (Å²) < 4.78 is 37.2. The van der Waals surface area contributed by atoms with Crippen LogP contribution in [0.25, 0.3) is 6.08 Å². The highest BCUT2D eigenvalue weighted by molar-refractivity contribution is 7.92. The van der Waals surface area contributed by atoms with Crippen LogP contribution < -0.4 is 14.8 Å². The third-order valence-electron chi connectivity index (χ3n) is 3.87. The zero-order valence-electron chi connectivity index (χ0n) is 16.6. The molecule has 0 aliphatic carbocycles. The molecule has 2 aromatic carbocycles. The highest BCUT2D eigenvalue weighted by Crippen LogP contribution is 2.17. The Balaban J connectivity index is 1.57. The molecule has 1 amide bonds. The van der Waals surface area contributed by atoms with Gasteiger partial charge in [-0.15, -0.1) is 0 Å². The lowest BCUT2D eigenvalue weighted by Gasteiger charge is -2.07. The number of hydrogen-bond donors (Lipinski definition) is 2. The van der Waals surface area contributed by atoms with Crippen LogP contribution in [0.4, 0.5) is 11.6 Å². The fourth-order valence-corrected chi connectivity index (χ4v) is 3.36. The van der Waals surface area contributed by atoms with E-state index < -0.39 is 10.0 Å². The van der Waals surface area contributed by atoms with Crippen LogP contribution in [-0.4, -0.2) is 38.2 Å². The van der Waals surface area contributed by atoms with Gasteiger partial charge in [-0.3, -0.25) is 4.79 Å². The summed E-state index contributed by atoms with van der Waals surface area (Å²) in [5.74, 6) is 0.279. The Labute approximate surface area is 179 Å². The number of nitrogens with zero attached hydrogens (tertiary/aromatic N) is 2. The quantitative estimate of drug-likeness (QED) is 0.388. The predicted octanol–water partition coefficient (Wildman–Crippen LogP) is 2.91. The molecule has 0 aliphatic rings. The van der Waals surface area contributed by atoms with E-state index in [1.54, 1.807) is 43.5 Å². The van der Waals surface area contributed by atoms with Crippen molar-refractivity contribution in [2.24, 2.45) is 0 Å². The molecule has 2 N–H and O–H groups in total. The Bertz CT molecular complexity index is 1130. The van der Waals surface area contributed by atoms with Crippen molar-refractivity contribution in [2.45, 2.75) is 4.90 Å². The number of sulfonamides is 1. The summed E-state index contributed by atoms with van der Waals surface area (Å²) in [6, 6.07) is 14.5. The third kappa shape index (κ3) is 6.63. The first kappa shape index (κ1) is 21.9. The molecule has 0 unspecified atom stereocenters. The average molecular weight is 440 g/mol. The van der Waals surface area contributed by atoms with Crippen LogP contribution in [0.2, 0.25) is 0 Å². The maximum Gasteiger partial charge on any atom is 0.264 e. The number of ether oxygens (including phenoxy) is 2. The number of nitrogens with one attached hydrogen (secondary N) is 2. The minimum absolute atomic E-state index is 0.0178. The molecule has 3 aromatic rings. The summed E-state index contributed by atoms with van der Waals surface area (Å²) in [4.78, 5) is 19.8. The Morgan fingerprint density at radius 3 is 2.35 bits per heavy atom. The van der Waals surface area contributed by atoms with Crippen molar-refractivity contribution in [3.05, 3.63) is 78.6 Å². The van der Waals surface area contributed by atoms with E-state index in [1.165, 1.54) is 42.7 Å². The van der Waals surface area contributed by atoms with Crippen LogP contribution in [0.5, 0.6) is 5.75 Å². The summed E-state index contributed by atoms with van der Waals surface area (Å²) >= 11 is 0. The molecule has 0 saturated carbocycles. The average Bonchev–Trinajstić information content (AvgIpc) is 2.78. The molecular weight excluding hydrogens is 420 g/mol. The number of amides is 1. The van der Waals surface area contributed by atoms with Gasteiger partial charge in [0.1, 0.15) is 5.75 Å². The summed E-state index contributed by atoms with van der Waals surface area (Å²) in [6.07, 6.45) is 5.89. The number of hydrogen-bond acceptors (Lipinski definition) is 7. The highest BCUT2D eigenvalue weighted by Gasteiger charge is 2.15. The molecule has 0 fully saturated rings. The number of benzene rings is 2. The van der Waals surface area contributed by atoms with E-state index in [0.717, 1.165) is 5.56 Å². The first-order chi connectivity index (χ1) is 15.0. The highest BCUT2D eigenvalue weighted by atomic mass is 32.2. The lowest BCUT2D eigenvalue weighted by molar-refractivity contribution is -0.111. The summed E-state index contributed by atoms with van der Waals surface area (Å²) in [5.41, 5.74) is 1.27. The molecule has 0 saturated heterocycles. The fourth-order valence-electron chi connectivity index (χ4n) is 2.41. The molecule has 1 aromatic heterocycles. The lowest BCUT2D eigenvalue weighted by Crippen LogP contribution is -2.15. The normalized spacial score (nSPS) is 11.3. The minimum Gasteiger partial charge on any atom is -0.468 e. The van der Waals surface area contributed by atoms with Gasteiger partial charge < -0.3 is 14.8 Å². The van der Waals surface area contributed by atoms with E-state index in [2.05, 4.69) is 20.0 Å². The number of carbonyl (C=O) groups is 1. The summed E-state index contributed by atoms with van der Waals surface area (Å²) in [5, 5.41) is 2.67. The SMILES string of the molecule is COCOc1ccc(/C=C/C(=O)Nc2ccc(S(=O)(=O)Nc3ncccn3)cc2)cc1. The third-order valence-corrected chi connectivity index (χ3v) is 5.22.